The van der Waals surface area contributed by atoms with Gasteiger partial charge in [-0.1, -0.05) is 34.6 Å². The van der Waals surface area contributed by atoms with Crippen LogP contribution < -0.4 is 11.1 Å². The quantitative estimate of drug-likeness (QED) is 0.414. The molecule has 126 valence electrons. The van der Waals surface area contributed by atoms with E-state index in [-0.39, 0.29) is 35.5 Å². The third kappa shape index (κ3) is 8.24. The van der Waals surface area contributed by atoms with E-state index in [0.717, 1.165) is 32.5 Å². The number of rotatable bonds is 5. The van der Waals surface area contributed by atoms with Crippen LogP contribution in [0.2, 0.25) is 0 Å². The average molecular weight is 411 g/mol. The Kier molecular flexibility index (Phi) is 9.85. The van der Waals surface area contributed by atoms with Gasteiger partial charge in [0.05, 0.1) is 6.10 Å². The summed E-state index contributed by atoms with van der Waals surface area (Å²) in [6.07, 6.45) is 3.72. The number of aliphatic imine (C=N–C) groups is 1. The highest BCUT2D eigenvalue weighted by molar-refractivity contribution is 14.0. The van der Waals surface area contributed by atoms with Crippen LogP contribution in [-0.4, -0.2) is 31.8 Å². The Bertz CT molecular complexity index is 313. The van der Waals surface area contributed by atoms with E-state index in [0.29, 0.717) is 17.8 Å². The zero-order valence-electron chi connectivity index (χ0n) is 14.3. The van der Waals surface area contributed by atoms with Crippen molar-refractivity contribution in [3.8, 4) is 0 Å². The summed E-state index contributed by atoms with van der Waals surface area (Å²) in [5.41, 5.74) is 6.10. The fraction of sp³-hybridized carbons (Fsp3) is 0.938. The van der Waals surface area contributed by atoms with Gasteiger partial charge in [-0.3, -0.25) is 4.99 Å². The van der Waals surface area contributed by atoms with Gasteiger partial charge in [0.25, 0.3) is 0 Å². The summed E-state index contributed by atoms with van der Waals surface area (Å²) in [4.78, 5) is 4.51. The molecule has 0 aromatic rings. The molecule has 0 spiro atoms. The van der Waals surface area contributed by atoms with Crippen molar-refractivity contribution >= 4 is 29.9 Å². The van der Waals surface area contributed by atoms with Crippen molar-refractivity contribution in [2.45, 2.75) is 60.0 Å². The fourth-order valence-corrected chi connectivity index (χ4v) is 2.75. The lowest BCUT2D eigenvalue weighted by Gasteiger charge is -2.39. The molecule has 1 saturated heterocycles. The first kappa shape index (κ1) is 21.0. The Labute approximate surface area is 147 Å². The Morgan fingerprint density at radius 1 is 1.38 bits per heavy atom. The molecule has 1 aliphatic rings. The van der Waals surface area contributed by atoms with E-state index in [1.165, 1.54) is 6.42 Å². The summed E-state index contributed by atoms with van der Waals surface area (Å²) in [6, 6.07) is 0. The Morgan fingerprint density at radius 2 is 2.05 bits per heavy atom. The van der Waals surface area contributed by atoms with Gasteiger partial charge in [-0.2, -0.15) is 0 Å². The van der Waals surface area contributed by atoms with Crippen LogP contribution in [0.5, 0.6) is 0 Å². The summed E-state index contributed by atoms with van der Waals surface area (Å²) < 4.78 is 5.97. The zero-order chi connectivity index (χ0) is 15.2. The summed E-state index contributed by atoms with van der Waals surface area (Å²) in [5.74, 6) is 1.74. The van der Waals surface area contributed by atoms with Crippen molar-refractivity contribution in [1.29, 1.82) is 0 Å². The lowest BCUT2D eigenvalue weighted by atomic mass is 9.78. The monoisotopic (exact) mass is 411 g/mol. The summed E-state index contributed by atoms with van der Waals surface area (Å²) in [6.45, 7) is 13.7. The smallest absolute Gasteiger partial charge is 0.188 e. The first-order chi connectivity index (χ1) is 9.30. The van der Waals surface area contributed by atoms with E-state index in [1.807, 2.05) is 0 Å². The molecule has 3 N–H and O–H groups in total. The third-order valence-electron chi connectivity index (χ3n) is 3.82. The molecule has 2 atom stereocenters. The molecule has 1 rings (SSSR count). The van der Waals surface area contributed by atoms with Gasteiger partial charge in [0.1, 0.15) is 0 Å². The number of hydrogen-bond acceptors (Lipinski definition) is 2. The van der Waals surface area contributed by atoms with Crippen LogP contribution in [0, 0.1) is 17.3 Å². The van der Waals surface area contributed by atoms with Crippen molar-refractivity contribution in [2.75, 3.05) is 19.7 Å². The molecule has 0 amide bonds. The van der Waals surface area contributed by atoms with E-state index in [9.17, 15) is 0 Å². The first-order valence-electron chi connectivity index (χ1n) is 7.96. The van der Waals surface area contributed by atoms with Gasteiger partial charge in [0.15, 0.2) is 5.96 Å². The molecule has 1 fully saturated rings. The van der Waals surface area contributed by atoms with Crippen molar-refractivity contribution in [1.82, 2.24) is 5.32 Å². The van der Waals surface area contributed by atoms with Gasteiger partial charge < -0.3 is 15.8 Å². The van der Waals surface area contributed by atoms with Gasteiger partial charge in [-0.25, -0.2) is 0 Å². The van der Waals surface area contributed by atoms with Crippen LogP contribution >= 0.6 is 24.0 Å². The summed E-state index contributed by atoms with van der Waals surface area (Å²) in [7, 11) is 0. The predicted molar refractivity (Wildman–Crippen MR) is 101 cm³/mol. The van der Waals surface area contributed by atoms with Crippen molar-refractivity contribution in [3.05, 3.63) is 0 Å². The molecule has 21 heavy (non-hydrogen) atoms. The molecule has 0 aromatic heterocycles. The van der Waals surface area contributed by atoms with Gasteiger partial charge in [-0.05, 0) is 30.6 Å². The molecule has 0 saturated carbocycles. The minimum atomic E-state index is 0. The predicted octanol–water partition coefficient (Wildman–Crippen LogP) is 3.40. The number of nitrogens with two attached hydrogens (primary N) is 1. The lowest BCUT2D eigenvalue weighted by Crippen LogP contribution is -2.42. The molecule has 4 nitrogen and oxygen atoms in total. The second kappa shape index (κ2) is 9.87. The highest BCUT2D eigenvalue weighted by Gasteiger charge is 2.35. The maximum atomic E-state index is 5.97. The Balaban J connectivity index is 0.00000400. The molecular formula is C16H34IN3O. The van der Waals surface area contributed by atoms with E-state index in [1.54, 1.807) is 0 Å². The first-order valence-corrected chi connectivity index (χ1v) is 7.96. The highest BCUT2D eigenvalue weighted by atomic mass is 127. The van der Waals surface area contributed by atoms with Crippen molar-refractivity contribution < 1.29 is 4.74 Å². The maximum Gasteiger partial charge on any atom is 0.188 e. The highest BCUT2D eigenvalue weighted by Crippen LogP contribution is 2.34. The molecule has 1 heterocycles. The van der Waals surface area contributed by atoms with Crippen molar-refractivity contribution in [3.63, 3.8) is 0 Å². The van der Waals surface area contributed by atoms with Gasteiger partial charge in [-0.15, -0.1) is 24.0 Å². The number of guanidine groups is 1. The maximum absolute atomic E-state index is 5.97. The van der Waals surface area contributed by atoms with E-state index >= 15 is 0 Å². The zero-order valence-corrected chi connectivity index (χ0v) is 16.6. The second-order valence-corrected chi connectivity index (χ2v) is 7.39. The van der Waals surface area contributed by atoms with Crippen molar-refractivity contribution in [2.24, 2.45) is 28.0 Å². The molecule has 5 heteroatoms. The third-order valence-corrected chi connectivity index (χ3v) is 3.82. The number of nitrogens with zero attached hydrogens (tertiary/aromatic N) is 1. The largest absolute Gasteiger partial charge is 0.377 e. The van der Waals surface area contributed by atoms with Crippen LogP contribution in [0.3, 0.4) is 0 Å². The number of ether oxygens (including phenoxy) is 1. The molecule has 2 unspecified atom stereocenters. The van der Waals surface area contributed by atoms with Crippen LogP contribution in [0.1, 0.15) is 53.9 Å². The summed E-state index contributed by atoms with van der Waals surface area (Å²) >= 11 is 0. The second-order valence-electron chi connectivity index (χ2n) is 7.39. The number of hydrogen-bond donors (Lipinski definition) is 2. The van der Waals surface area contributed by atoms with Gasteiger partial charge >= 0.3 is 0 Å². The summed E-state index contributed by atoms with van der Waals surface area (Å²) in [5, 5.41) is 3.19. The molecule has 0 bridgehead atoms. The fourth-order valence-electron chi connectivity index (χ4n) is 2.75. The Morgan fingerprint density at radius 3 is 2.62 bits per heavy atom. The standard InChI is InChI=1S/C16H33N3O.HI/c1-12(2)8-9-18-15(17)19-11-13-7-6-10-20-14(13)16(3,4)5;/h12-14H,6-11H2,1-5H3,(H3,17,18,19);1H. The molecular weight excluding hydrogens is 377 g/mol. The average Bonchev–Trinajstić information content (AvgIpc) is 2.35. The lowest BCUT2D eigenvalue weighted by molar-refractivity contribution is -0.0823. The van der Waals surface area contributed by atoms with E-state index in [2.05, 4.69) is 44.9 Å². The van der Waals surface area contributed by atoms with Crippen LogP contribution in [0.25, 0.3) is 0 Å². The SMILES string of the molecule is CC(C)CCNC(N)=NCC1CCCOC1C(C)(C)C.I. The molecule has 0 aromatic carbocycles. The van der Waals surface area contributed by atoms with Gasteiger partial charge in [0.2, 0.25) is 0 Å². The normalized spacial score (nSPS) is 23.8. The van der Waals surface area contributed by atoms with E-state index < -0.39 is 0 Å². The minimum Gasteiger partial charge on any atom is -0.377 e. The molecule has 0 aliphatic carbocycles. The van der Waals surface area contributed by atoms with Gasteiger partial charge in [0, 0.05) is 25.6 Å². The topological polar surface area (TPSA) is 59.6 Å². The minimum absolute atomic E-state index is 0. The van der Waals surface area contributed by atoms with Crippen LogP contribution in [-0.2, 0) is 4.74 Å². The number of halogens is 1. The number of nitrogens with one attached hydrogen (secondary N) is 1. The van der Waals surface area contributed by atoms with Crippen LogP contribution in [0.15, 0.2) is 4.99 Å². The molecule has 0 radical (unpaired) electrons. The Hall–Kier alpha value is -0.0400. The van der Waals surface area contributed by atoms with Crippen LogP contribution in [0.4, 0.5) is 0 Å². The molecule has 1 aliphatic heterocycles. The van der Waals surface area contributed by atoms with E-state index in [4.69, 9.17) is 10.5 Å².